The molecule has 0 atom stereocenters. The molecular weight excluding hydrogens is 290 g/mol. The molecule has 2 aromatic heterocycles. The Hall–Kier alpha value is -1.93. The van der Waals surface area contributed by atoms with Crippen molar-refractivity contribution in [1.29, 1.82) is 0 Å². The van der Waals surface area contributed by atoms with E-state index in [0.29, 0.717) is 21.5 Å². The molecule has 9 heteroatoms. The van der Waals surface area contributed by atoms with Crippen LogP contribution in [0.4, 0.5) is 0 Å². The average Bonchev–Trinajstić information content (AvgIpc) is 2.79. The molecule has 19 heavy (non-hydrogen) atoms. The summed E-state index contributed by atoms with van der Waals surface area (Å²) in [5.74, 6) is -0.697. The molecule has 0 saturated heterocycles. The zero-order valence-electron chi connectivity index (χ0n) is 9.32. The van der Waals surface area contributed by atoms with Crippen LogP contribution >= 0.6 is 23.4 Å². The second kappa shape index (κ2) is 4.63. The van der Waals surface area contributed by atoms with E-state index in [1.807, 2.05) is 0 Å². The lowest BCUT2D eigenvalue weighted by molar-refractivity contribution is -0.133. The van der Waals surface area contributed by atoms with E-state index in [2.05, 4.69) is 20.4 Å². The molecule has 0 fully saturated rings. The first-order valence-corrected chi connectivity index (χ1v) is 6.53. The van der Waals surface area contributed by atoms with Gasteiger partial charge in [0.15, 0.2) is 5.16 Å². The lowest BCUT2D eigenvalue weighted by Crippen LogP contribution is -2.00. The van der Waals surface area contributed by atoms with Crippen molar-refractivity contribution in [1.82, 2.24) is 24.8 Å². The summed E-state index contributed by atoms with van der Waals surface area (Å²) in [5, 5.41) is 25.4. The van der Waals surface area contributed by atoms with Crippen LogP contribution < -0.4 is 0 Å². The monoisotopic (exact) mass is 295 g/mol. The number of benzene rings is 1. The maximum atomic E-state index is 10.6. The van der Waals surface area contributed by atoms with Gasteiger partial charge in [0.05, 0.1) is 11.3 Å². The van der Waals surface area contributed by atoms with E-state index in [9.17, 15) is 4.79 Å². The molecule has 7 nitrogen and oxygen atoms in total. The van der Waals surface area contributed by atoms with Crippen LogP contribution in [-0.4, -0.2) is 41.6 Å². The van der Waals surface area contributed by atoms with Crippen molar-refractivity contribution in [2.75, 3.05) is 5.75 Å². The van der Waals surface area contributed by atoms with Crippen molar-refractivity contribution in [2.24, 2.45) is 0 Å². The Labute approximate surface area is 115 Å². The summed E-state index contributed by atoms with van der Waals surface area (Å²) in [7, 11) is 0. The Kier molecular flexibility index (Phi) is 2.96. The largest absolute Gasteiger partial charge is 0.481 e. The maximum Gasteiger partial charge on any atom is 0.313 e. The van der Waals surface area contributed by atoms with Gasteiger partial charge in [0.2, 0.25) is 0 Å². The summed E-state index contributed by atoms with van der Waals surface area (Å²) in [6.45, 7) is 0. The Morgan fingerprint density at radius 1 is 1.32 bits per heavy atom. The van der Waals surface area contributed by atoms with Crippen molar-refractivity contribution in [2.45, 2.75) is 5.16 Å². The van der Waals surface area contributed by atoms with Gasteiger partial charge in [-0.2, -0.15) is 0 Å². The lowest BCUT2D eigenvalue weighted by atomic mass is 10.3. The van der Waals surface area contributed by atoms with Crippen molar-refractivity contribution >= 4 is 46.1 Å². The molecule has 0 aliphatic rings. The van der Waals surface area contributed by atoms with Crippen LogP contribution in [0.15, 0.2) is 23.4 Å². The average molecular weight is 296 g/mol. The number of carboxylic acids is 1. The molecule has 1 N–H and O–H groups in total. The third-order valence-corrected chi connectivity index (χ3v) is 3.52. The van der Waals surface area contributed by atoms with Gasteiger partial charge in [0, 0.05) is 5.02 Å². The van der Waals surface area contributed by atoms with Crippen LogP contribution in [-0.2, 0) is 4.79 Å². The fraction of sp³-hybridized carbons (Fsp3) is 0.100. The minimum absolute atomic E-state index is 0.0990. The first-order chi connectivity index (χ1) is 9.15. The molecule has 0 aliphatic carbocycles. The molecule has 0 saturated carbocycles. The number of aromatic nitrogens is 5. The van der Waals surface area contributed by atoms with Gasteiger partial charge < -0.3 is 5.11 Å². The Balaban J connectivity index is 2.21. The number of thioether (sulfide) groups is 1. The van der Waals surface area contributed by atoms with Gasteiger partial charge in [-0.1, -0.05) is 23.4 Å². The van der Waals surface area contributed by atoms with Crippen molar-refractivity contribution in [3.05, 3.63) is 23.2 Å². The maximum absolute atomic E-state index is 10.6. The minimum Gasteiger partial charge on any atom is -0.481 e. The number of hydrogen-bond donors (Lipinski definition) is 1. The fourth-order valence-electron chi connectivity index (χ4n) is 1.62. The molecule has 0 spiro atoms. The highest BCUT2D eigenvalue weighted by Crippen LogP contribution is 2.22. The van der Waals surface area contributed by atoms with E-state index in [-0.39, 0.29) is 5.75 Å². The van der Waals surface area contributed by atoms with Gasteiger partial charge in [-0.3, -0.25) is 9.20 Å². The highest BCUT2D eigenvalue weighted by Gasteiger charge is 2.12. The standard InChI is InChI=1S/C10H6ClN5O2S/c11-5-1-2-7-6(3-5)12-13-9-14-15-10(16(7)9)19-4-8(17)18/h1-3H,4H2,(H,17,18). The number of halogens is 1. The Morgan fingerprint density at radius 3 is 2.89 bits per heavy atom. The highest BCUT2D eigenvalue weighted by molar-refractivity contribution is 7.99. The summed E-state index contributed by atoms with van der Waals surface area (Å²) in [4.78, 5) is 10.6. The van der Waals surface area contributed by atoms with Gasteiger partial charge in [-0.15, -0.1) is 20.4 Å². The molecule has 3 rings (SSSR count). The lowest BCUT2D eigenvalue weighted by Gasteiger charge is -2.02. The molecular formula is C10H6ClN5O2S. The summed E-state index contributed by atoms with van der Waals surface area (Å²) in [6.07, 6.45) is 0. The Morgan fingerprint density at radius 2 is 2.11 bits per heavy atom. The second-order valence-corrected chi connectivity index (χ2v) is 5.01. The van der Waals surface area contributed by atoms with E-state index in [1.54, 1.807) is 22.6 Å². The predicted molar refractivity (Wildman–Crippen MR) is 69.5 cm³/mol. The van der Waals surface area contributed by atoms with Gasteiger partial charge in [-0.05, 0) is 18.2 Å². The molecule has 0 bridgehead atoms. The fourth-order valence-corrected chi connectivity index (χ4v) is 2.45. The van der Waals surface area contributed by atoms with Crippen molar-refractivity contribution < 1.29 is 9.90 Å². The van der Waals surface area contributed by atoms with Crippen molar-refractivity contribution in [3.8, 4) is 0 Å². The quantitative estimate of drug-likeness (QED) is 0.732. The zero-order valence-corrected chi connectivity index (χ0v) is 10.9. The number of hydrogen-bond acceptors (Lipinski definition) is 6. The van der Waals surface area contributed by atoms with Crippen LogP contribution in [0.5, 0.6) is 0 Å². The minimum atomic E-state index is -0.920. The molecule has 96 valence electrons. The smallest absolute Gasteiger partial charge is 0.313 e. The number of rotatable bonds is 3. The first kappa shape index (κ1) is 12.1. The third-order valence-electron chi connectivity index (χ3n) is 2.37. The molecule has 0 radical (unpaired) electrons. The predicted octanol–water partition coefficient (Wildman–Crippen LogP) is 1.50. The molecule has 3 aromatic rings. The summed E-state index contributed by atoms with van der Waals surface area (Å²) >= 11 is 6.97. The van der Waals surface area contributed by atoms with Crippen LogP contribution in [0.25, 0.3) is 16.8 Å². The normalized spacial score (nSPS) is 11.2. The zero-order chi connectivity index (χ0) is 13.4. The van der Waals surface area contributed by atoms with E-state index in [4.69, 9.17) is 16.7 Å². The molecule has 0 amide bonds. The van der Waals surface area contributed by atoms with Crippen LogP contribution in [0.1, 0.15) is 0 Å². The SMILES string of the molecule is O=C(O)CSc1nnc2nnc3cc(Cl)ccc3n12. The summed E-state index contributed by atoms with van der Waals surface area (Å²) < 4.78 is 1.66. The van der Waals surface area contributed by atoms with Gasteiger partial charge in [0.25, 0.3) is 5.78 Å². The first-order valence-electron chi connectivity index (χ1n) is 5.17. The van der Waals surface area contributed by atoms with Gasteiger partial charge in [-0.25, -0.2) is 0 Å². The molecule has 0 unspecified atom stereocenters. The number of carboxylic acid groups (broad SMARTS) is 1. The topological polar surface area (TPSA) is 93.3 Å². The van der Waals surface area contributed by atoms with Crippen LogP contribution in [0.2, 0.25) is 5.02 Å². The van der Waals surface area contributed by atoms with Gasteiger partial charge >= 0.3 is 5.97 Å². The molecule has 1 aromatic carbocycles. The highest BCUT2D eigenvalue weighted by atomic mass is 35.5. The van der Waals surface area contributed by atoms with E-state index in [1.165, 1.54) is 0 Å². The second-order valence-electron chi connectivity index (χ2n) is 3.63. The molecule has 2 heterocycles. The van der Waals surface area contributed by atoms with E-state index in [0.717, 1.165) is 17.3 Å². The third kappa shape index (κ3) is 2.20. The summed E-state index contributed by atoms with van der Waals surface area (Å²) in [6, 6.07) is 5.17. The van der Waals surface area contributed by atoms with Crippen molar-refractivity contribution in [3.63, 3.8) is 0 Å². The van der Waals surface area contributed by atoms with Gasteiger partial charge in [0.1, 0.15) is 5.52 Å². The van der Waals surface area contributed by atoms with Crippen LogP contribution in [0.3, 0.4) is 0 Å². The number of fused-ring (bicyclic) bond motifs is 3. The summed E-state index contributed by atoms with van der Waals surface area (Å²) in [5.41, 5.74) is 1.32. The van der Waals surface area contributed by atoms with Crippen LogP contribution in [0, 0.1) is 0 Å². The van der Waals surface area contributed by atoms with E-state index < -0.39 is 5.97 Å². The Bertz CT molecular complexity index is 790. The molecule has 0 aliphatic heterocycles. The number of carbonyl (C=O) groups is 1. The number of nitrogens with zero attached hydrogens (tertiary/aromatic N) is 5. The van der Waals surface area contributed by atoms with E-state index >= 15 is 0 Å². The number of aliphatic carboxylic acids is 1.